The quantitative estimate of drug-likeness (QED) is 0.492. The number of carbonyl (C=O) groups excluding carboxylic acids is 1. The van der Waals surface area contributed by atoms with Crippen LogP contribution < -0.4 is 16.0 Å². The average molecular weight is 404 g/mol. The molecule has 28 heavy (non-hydrogen) atoms. The van der Waals surface area contributed by atoms with Gasteiger partial charge in [-0.15, -0.1) is 0 Å². The summed E-state index contributed by atoms with van der Waals surface area (Å²) in [7, 11) is 1.29. The van der Waals surface area contributed by atoms with Crippen LogP contribution in [0.4, 0.5) is 13.2 Å². The second-order valence-electron chi connectivity index (χ2n) is 5.42. The Hall–Kier alpha value is -3.08. The summed E-state index contributed by atoms with van der Waals surface area (Å²) < 4.78 is 41.8. The molecular weight excluding hydrogens is 385 g/mol. The highest BCUT2D eigenvalue weighted by molar-refractivity contribution is 5.82. The maximum atomic E-state index is 11.9. The highest BCUT2D eigenvalue weighted by Gasteiger charge is 2.38. The maximum Gasteiger partial charge on any atom is 0.490 e. The van der Waals surface area contributed by atoms with Gasteiger partial charge in [0.15, 0.2) is 0 Å². The number of methoxy groups -OCH3 is 1. The van der Waals surface area contributed by atoms with Gasteiger partial charge in [-0.25, -0.2) is 4.79 Å². The minimum absolute atomic E-state index is 0.0451. The Kier molecular flexibility index (Phi) is 8.45. The molecule has 0 radical (unpaired) electrons. The number of fused-ring (bicyclic) bond motifs is 1. The van der Waals surface area contributed by atoms with Gasteiger partial charge in [0.1, 0.15) is 5.75 Å². The van der Waals surface area contributed by atoms with Crippen LogP contribution >= 0.6 is 0 Å². The zero-order valence-electron chi connectivity index (χ0n) is 14.8. The second kappa shape index (κ2) is 10.3. The Morgan fingerprint density at radius 1 is 1.25 bits per heavy atom. The number of H-pyrrole nitrogens is 1. The lowest BCUT2D eigenvalue weighted by Crippen LogP contribution is -2.21. The largest absolute Gasteiger partial charge is 0.493 e. The molecule has 154 valence electrons. The molecule has 2 aromatic rings. The Morgan fingerprint density at radius 2 is 1.89 bits per heavy atom. The van der Waals surface area contributed by atoms with Crippen LogP contribution in [0.25, 0.3) is 10.9 Å². The molecule has 1 heterocycles. The number of ether oxygens (including phenoxy) is 2. The Balaban J connectivity index is 0.000000480. The van der Waals surface area contributed by atoms with Gasteiger partial charge in [-0.05, 0) is 36.6 Å². The first kappa shape index (κ1) is 23.0. The van der Waals surface area contributed by atoms with Crippen LogP contribution in [0.1, 0.15) is 12.0 Å². The van der Waals surface area contributed by atoms with E-state index in [1.54, 1.807) is 12.1 Å². The molecule has 0 saturated carbocycles. The van der Waals surface area contributed by atoms with Crippen molar-refractivity contribution in [2.45, 2.75) is 19.0 Å². The molecule has 1 aromatic heterocycles. The predicted molar refractivity (Wildman–Crippen MR) is 93.1 cm³/mol. The molecule has 2 rings (SSSR count). The van der Waals surface area contributed by atoms with Crippen molar-refractivity contribution in [3.8, 4) is 5.75 Å². The van der Waals surface area contributed by atoms with Crippen molar-refractivity contribution < 1.29 is 37.3 Å². The SMILES string of the molecule is COC(=O)Cc1cc2ccc(OCCCN)cc2[nH]c1=O.O=C(O)C(F)(F)F. The van der Waals surface area contributed by atoms with Crippen LogP contribution in [0.5, 0.6) is 5.75 Å². The average Bonchev–Trinajstić information content (AvgIpc) is 2.62. The first-order chi connectivity index (χ1) is 13.1. The van der Waals surface area contributed by atoms with E-state index in [4.69, 9.17) is 20.4 Å². The summed E-state index contributed by atoms with van der Waals surface area (Å²) in [4.78, 5) is 34.8. The Morgan fingerprint density at radius 3 is 2.43 bits per heavy atom. The van der Waals surface area contributed by atoms with E-state index in [9.17, 15) is 22.8 Å². The van der Waals surface area contributed by atoms with Crippen molar-refractivity contribution >= 4 is 22.8 Å². The third kappa shape index (κ3) is 7.27. The number of carboxylic acids is 1. The molecule has 0 bridgehead atoms. The number of hydrogen-bond acceptors (Lipinski definition) is 6. The Bertz CT molecular complexity index is 879. The number of nitrogens with two attached hydrogens (primary N) is 1. The van der Waals surface area contributed by atoms with Gasteiger partial charge in [-0.2, -0.15) is 13.2 Å². The van der Waals surface area contributed by atoms with Gasteiger partial charge < -0.3 is 25.3 Å². The van der Waals surface area contributed by atoms with E-state index in [2.05, 4.69) is 9.72 Å². The summed E-state index contributed by atoms with van der Waals surface area (Å²) in [6.07, 6.45) is -4.36. The van der Waals surface area contributed by atoms with Crippen LogP contribution in [0.2, 0.25) is 0 Å². The van der Waals surface area contributed by atoms with E-state index in [0.29, 0.717) is 30.0 Å². The van der Waals surface area contributed by atoms with E-state index in [1.807, 2.05) is 12.1 Å². The topological polar surface area (TPSA) is 132 Å². The van der Waals surface area contributed by atoms with Crippen molar-refractivity contribution in [3.63, 3.8) is 0 Å². The molecule has 0 unspecified atom stereocenters. The van der Waals surface area contributed by atoms with E-state index in [-0.39, 0.29) is 12.0 Å². The molecule has 0 fully saturated rings. The van der Waals surface area contributed by atoms with Crippen LogP contribution in [-0.2, 0) is 20.7 Å². The summed E-state index contributed by atoms with van der Waals surface area (Å²) in [6.45, 7) is 1.11. The molecule has 0 aliphatic carbocycles. The van der Waals surface area contributed by atoms with Gasteiger partial charge in [-0.3, -0.25) is 9.59 Å². The van der Waals surface area contributed by atoms with Crippen molar-refractivity contribution in [2.75, 3.05) is 20.3 Å². The standard InChI is InChI=1S/C15H18N2O4.C2HF3O2/c1-20-14(18)8-11-7-10-3-4-12(21-6-2-5-16)9-13(10)17-15(11)19;3-2(4,5)1(6)7/h3-4,7,9H,2,5-6,8,16H2,1H3,(H,17,19);(H,6,7). The molecule has 0 aliphatic rings. The second-order valence-corrected chi connectivity index (χ2v) is 5.42. The van der Waals surface area contributed by atoms with E-state index in [1.165, 1.54) is 7.11 Å². The number of rotatable bonds is 6. The highest BCUT2D eigenvalue weighted by atomic mass is 19.4. The van der Waals surface area contributed by atoms with E-state index < -0.39 is 18.1 Å². The fraction of sp³-hybridized carbons (Fsp3) is 0.353. The molecule has 1 aromatic carbocycles. The molecule has 0 aliphatic heterocycles. The van der Waals surface area contributed by atoms with Crippen molar-refractivity contribution in [2.24, 2.45) is 5.73 Å². The van der Waals surface area contributed by atoms with Gasteiger partial charge in [0, 0.05) is 11.6 Å². The first-order valence-electron chi connectivity index (χ1n) is 7.94. The normalized spacial score (nSPS) is 10.8. The monoisotopic (exact) mass is 404 g/mol. The number of halogens is 3. The van der Waals surface area contributed by atoms with Crippen LogP contribution in [0.15, 0.2) is 29.1 Å². The van der Waals surface area contributed by atoms with Gasteiger partial charge >= 0.3 is 18.1 Å². The minimum atomic E-state index is -5.08. The number of hydrogen-bond donors (Lipinski definition) is 3. The summed E-state index contributed by atoms with van der Waals surface area (Å²) in [5, 5.41) is 7.96. The Labute approximate surface area is 157 Å². The third-order valence-electron chi connectivity index (χ3n) is 3.32. The fourth-order valence-corrected chi connectivity index (χ4v) is 1.95. The molecule has 11 heteroatoms. The summed E-state index contributed by atoms with van der Waals surface area (Å²) in [6, 6.07) is 7.10. The van der Waals surface area contributed by atoms with Gasteiger partial charge in [-0.1, -0.05) is 0 Å². The lowest BCUT2D eigenvalue weighted by molar-refractivity contribution is -0.192. The number of carboxylic acid groups (broad SMARTS) is 1. The number of alkyl halides is 3. The zero-order chi connectivity index (χ0) is 21.3. The van der Waals surface area contributed by atoms with Crippen LogP contribution in [-0.4, -0.2) is 48.5 Å². The molecule has 8 nitrogen and oxygen atoms in total. The number of aromatic nitrogens is 1. The number of aliphatic carboxylic acids is 1. The van der Waals surface area contributed by atoms with E-state index >= 15 is 0 Å². The molecule has 4 N–H and O–H groups in total. The predicted octanol–water partition coefficient (Wildman–Crippen LogP) is 1.60. The zero-order valence-corrected chi connectivity index (χ0v) is 14.8. The van der Waals surface area contributed by atoms with Crippen LogP contribution in [0, 0.1) is 0 Å². The van der Waals surface area contributed by atoms with Crippen molar-refractivity contribution in [3.05, 3.63) is 40.2 Å². The van der Waals surface area contributed by atoms with Gasteiger partial charge in [0.2, 0.25) is 0 Å². The highest BCUT2D eigenvalue weighted by Crippen LogP contribution is 2.19. The van der Waals surface area contributed by atoms with Crippen LogP contribution in [0.3, 0.4) is 0 Å². The molecule has 0 saturated heterocycles. The molecule has 0 atom stereocenters. The maximum absolute atomic E-state index is 11.9. The summed E-state index contributed by atoms with van der Waals surface area (Å²) in [5.41, 5.74) is 6.15. The van der Waals surface area contributed by atoms with Crippen molar-refractivity contribution in [1.29, 1.82) is 0 Å². The van der Waals surface area contributed by atoms with E-state index in [0.717, 1.165) is 11.8 Å². The number of esters is 1. The number of carbonyl (C=O) groups is 2. The summed E-state index contributed by atoms with van der Waals surface area (Å²) >= 11 is 0. The third-order valence-corrected chi connectivity index (χ3v) is 3.32. The lowest BCUT2D eigenvalue weighted by Gasteiger charge is -2.07. The molecule has 0 amide bonds. The number of aromatic amines is 1. The minimum Gasteiger partial charge on any atom is -0.493 e. The lowest BCUT2D eigenvalue weighted by atomic mass is 10.1. The first-order valence-corrected chi connectivity index (χ1v) is 7.94. The van der Waals surface area contributed by atoms with Gasteiger partial charge in [0.05, 0.1) is 25.7 Å². The van der Waals surface area contributed by atoms with Crippen molar-refractivity contribution in [1.82, 2.24) is 4.98 Å². The molecule has 0 spiro atoms. The van der Waals surface area contributed by atoms with Gasteiger partial charge in [0.25, 0.3) is 5.56 Å². The summed E-state index contributed by atoms with van der Waals surface area (Å²) in [5.74, 6) is -2.53. The molecular formula is C17H19F3N2O6. The fourth-order valence-electron chi connectivity index (χ4n) is 1.95. The number of benzene rings is 1. The number of pyridine rings is 1. The number of nitrogens with one attached hydrogen (secondary N) is 1. The smallest absolute Gasteiger partial charge is 0.490 e.